The lowest BCUT2D eigenvalue weighted by Crippen LogP contribution is -2.39. The summed E-state index contributed by atoms with van der Waals surface area (Å²) in [5.74, 6) is 1.26. The van der Waals surface area contributed by atoms with Crippen LogP contribution in [0.4, 0.5) is 11.6 Å². The van der Waals surface area contributed by atoms with E-state index in [0.717, 1.165) is 38.3 Å². The number of anilines is 2. The second-order valence-corrected chi connectivity index (χ2v) is 4.18. The highest BCUT2D eigenvalue weighted by Crippen LogP contribution is 2.14. The van der Waals surface area contributed by atoms with Crippen LogP contribution >= 0.6 is 0 Å². The van der Waals surface area contributed by atoms with E-state index in [2.05, 4.69) is 27.1 Å². The Kier molecular flexibility index (Phi) is 3.56. The van der Waals surface area contributed by atoms with Crippen molar-refractivity contribution in [2.45, 2.75) is 25.8 Å². The van der Waals surface area contributed by atoms with Gasteiger partial charge in [-0.3, -0.25) is 4.98 Å². The molecule has 88 valence electrons. The van der Waals surface area contributed by atoms with Gasteiger partial charge in [0.2, 0.25) is 0 Å². The Morgan fingerprint density at radius 1 is 1.44 bits per heavy atom. The van der Waals surface area contributed by atoms with E-state index < -0.39 is 0 Å². The van der Waals surface area contributed by atoms with Crippen LogP contribution in [0, 0.1) is 0 Å². The zero-order valence-corrected chi connectivity index (χ0v) is 9.69. The van der Waals surface area contributed by atoms with Gasteiger partial charge in [0, 0.05) is 19.1 Å². The molecule has 0 aromatic carbocycles. The van der Waals surface area contributed by atoms with Gasteiger partial charge in [0.05, 0.1) is 12.4 Å². The fourth-order valence-corrected chi connectivity index (χ4v) is 2.05. The van der Waals surface area contributed by atoms with Gasteiger partial charge in [0.1, 0.15) is 11.6 Å². The van der Waals surface area contributed by atoms with Gasteiger partial charge in [-0.05, 0) is 19.4 Å². The zero-order chi connectivity index (χ0) is 11.4. The minimum atomic E-state index is 0.469. The van der Waals surface area contributed by atoms with Crippen molar-refractivity contribution in [1.29, 1.82) is 0 Å². The third kappa shape index (κ3) is 2.82. The van der Waals surface area contributed by atoms with Crippen molar-refractivity contribution in [3.8, 4) is 0 Å². The average molecular weight is 221 g/mol. The molecule has 5 heteroatoms. The van der Waals surface area contributed by atoms with Gasteiger partial charge < -0.3 is 16.0 Å². The molecule has 1 aliphatic rings. The first-order chi connectivity index (χ1) is 7.78. The van der Waals surface area contributed by atoms with Crippen molar-refractivity contribution in [2.24, 2.45) is 0 Å². The molecule has 0 bridgehead atoms. The van der Waals surface area contributed by atoms with E-state index in [0.29, 0.717) is 11.9 Å². The van der Waals surface area contributed by atoms with Gasteiger partial charge in [-0.25, -0.2) is 4.98 Å². The monoisotopic (exact) mass is 221 g/mol. The smallest absolute Gasteiger partial charge is 0.147 e. The summed E-state index contributed by atoms with van der Waals surface area (Å²) in [4.78, 5) is 10.7. The number of piperidine rings is 1. The molecule has 0 spiro atoms. The SMILES string of the molecule is CCN1CCC(Nc2cncc(N)n2)CC1. The number of likely N-dealkylation sites (tertiary alicyclic amines) is 1. The van der Waals surface area contributed by atoms with Crippen molar-refractivity contribution >= 4 is 11.6 Å². The normalized spacial score (nSPS) is 18.6. The molecule has 0 saturated carbocycles. The second kappa shape index (κ2) is 5.12. The first kappa shape index (κ1) is 11.1. The molecular formula is C11H19N5. The molecule has 2 heterocycles. The van der Waals surface area contributed by atoms with Crippen molar-refractivity contribution in [3.63, 3.8) is 0 Å². The van der Waals surface area contributed by atoms with Crippen LogP contribution in [0.2, 0.25) is 0 Å². The van der Waals surface area contributed by atoms with E-state index in [1.54, 1.807) is 12.4 Å². The maximum atomic E-state index is 5.59. The van der Waals surface area contributed by atoms with Crippen molar-refractivity contribution < 1.29 is 0 Å². The molecular weight excluding hydrogens is 202 g/mol. The lowest BCUT2D eigenvalue weighted by atomic mass is 10.1. The third-order valence-electron chi connectivity index (χ3n) is 3.04. The maximum Gasteiger partial charge on any atom is 0.147 e. The summed E-state index contributed by atoms with van der Waals surface area (Å²) in [6, 6.07) is 0.499. The minimum Gasteiger partial charge on any atom is -0.382 e. The Balaban J connectivity index is 1.87. The van der Waals surface area contributed by atoms with E-state index in [-0.39, 0.29) is 0 Å². The summed E-state index contributed by atoms with van der Waals surface area (Å²) in [5, 5.41) is 3.39. The van der Waals surface area contributed by atoms with E-state index >= 15 is 0 Å². The summed E-state index contributed by atoms with van der Waals surface area (Å²) in [7, 11) is 0. The van der Waals surface area contributed by atoms with E-state index in [1.165, 1.54) is 0 Å². The highest BCUT2D eigenvalue weighted by Gasteiger charge is 2.17. The molecule has 0 atom stereocenters. The first-order valence-electron chi connectivity index (χ1n) is 5.84. The molecule has 1 fully saturated rings. The number of nitrogens with zero attached hydrogens (tertiary/aromatic N) is 3. The molecule has 1 aromatic heterocycles. The van der Waals surface area contributed by atoms with Crippen LogP contribution in [0.5, 0.6) is 0 Å². The topological polar surface area (TPSA) is 67.1 Å². The lowest BCUT2D eigenvalue weighted by molar-refractivity contribution is 0.229. The molecule has 2 rings (SSSR count). The Hall–Kier alpha value is -1.36. The van der Waals surface area contributed by atoms with Crippen molar-refractivity contribution in [3.05, 3.63) is 12.4 Å². The standard InChI is InChI=1S/C11H19N5/c1-2-16-5-3-9(4-6-16)14-11-8-13-7-10(12)15-11/h7-9H,2-6H2,1H3,(H3,12,14,15). The largest absolute Gasteiger partial charge is 0.382 e. The Morgan fingerprint density at radius 2 is 2.19 bits per heavy atom. The van der Waals surface area contributed by atoms with Crippen LogP contribution in [-0.4, -0.2) is 40.5 Å². The Labute approximate surface area is 96.1 Å². The molecule has 0 radical (unpaired) electrons. The maximum absolute atomic E-state index is 5.59. The molecule has 1 aliphatic heterocycles. The number of nitrogen functional groups attached to an aromatic ring is 1. The van der Waals surface area contributed by atoms with Crippen LogP contribution < -0.4 is 11.1 Å². The summed E-state index contributed by atoms with van der Waals surface area (Å²) in [5.41, 5.74) is 5.59. The highest BCUT2D eigenvalue weighted by atomic mass is 15.1. The summed E-state index contributed by atoms with van der Waals surface area (Å²) in [6.07, 6.45) is 5.60. The van der Waals surface area contributed by atoms with E-state index in [9.17, 15) is 0 Å². The number of nitrogens with two attached hydrogens (primary N) is 1. The van der Waals surface area contributed by atoms with Gasteiger partial charge in [-0.2, -0.15) is 0 Å². The minimum absolute atomic E-state index is 0.469. The number of hydrogen-bond acceptors (Lipinski definition) is 5. The van der Waals surface area contributed by atoms with Gasteiger partial charge in [0.25, 0.3) is 0 Å². The Bertz CT molecular complexity index is 333. The van der Waals surface area contributed by atoms with E-state index in [1.807, 2.05) is 0 Å². The van der Waals surface area contributed by atoms with Crippen molar-refractivity contribution in [1.82, 2.24) is 14.9 Å². The number of aromatic nitrogens is 2. The molecule has 1 aromatic rings. The molecule has 5 nitrogen and oxygen atoms in total. The van der Waals surface area contributed by atoms with E-state index in [4.69, 9.17) is 5.73 Å². The average Bonchev–Trinajstić information content (AvgIpc) is 2.30. The fraction of sp³-hybridized carbons (Fsp3) is 0.636. The van der Waals surface area contributed by atoms with Gasteiger partial charge in [-0.15, -0.1) is 0 Å². The van der Waals surface area contributed by atoms with Gasteiger partial charge in [0.15, 0.2) is 0 Å². The van der Waals surface area contributed by atoms with Gasteiger partial charge in [-0.1, -0.05) is 6.92 Å². The Morgan fingerprint density at radius 3 is 2.81 bits per heavy atom. The number of nitrogens with one attached hydrogen (secondary N) is 1. The lowest BCUT2D eigenvalue weighted by Gasteiger charge is -2.31. The second-order valence-electron chi connectivity index (χ2n) is 4.18. The summed E-state index contributed by atoms with van der Waals surface area (Å²) < 4.78 is 0. The van der Waals surface area contributed by atoms with Crippen LogP contribution in [-0.2, 0) is 0 Å². The van der Waals surface area contributed by atoms with Gasteiger partial charge >= 0.3 is 0 Å². The molecule has 1 saturated heterocycles. The summed E-state index contributed by atoms with van der Waals surface area (Å²) >= 11 is 0. The fourth-order valence-electron chi connectivity index (χ4n) is 2.05. The molecule has 16 heavy (non-hydrogen) atoms. The first-order valence-corrected chi connectivity index (χ1v) is 5.84. The molecule has 3 N–H and O–H groups in total. The predicted octanol–water partition coefficient (Wildman–Crippen LogP) is 0.955. The van der Waals surface area contributed by atoms with Crippen LogP contribution in [0.15, 0.2) is 12.4 Å². The number of hydrogen-bond donors (Lipinski definition) is 2. The molecule has 0 aliphatic carbocycles. The van der Waals surface area contributed by atoms with Crippen LogP contribution in [0.1, 0.15) is 19.8 Å². The third-order valence-corrected chi connectivity index (χ3v) is 3.04. The predicted molar refractivity (Wildman–Crippen MR) is 65.2 cm³/mol. The zero-order valence-electron chi connectivity index (χ0n) is 9.69. The van der Waals surface area contributed by atoms with Crippen LogP contribution in [0.25, 0.3) is 0 Å². The number of rotatable bonds is 3. The molecule has 0 unspecified atom stereocenters. The van der Waals surface area contributed by atoms with Crippen molar-refractivity contribution in [2.75, 3.05) is 30.7 Å². The highest BCUT2D eigenvalue weighted by molar-refractivity contribution is 5.39. The molecule has 0 amide bonds. The summed E-state index contributed by atoms with van der Waals surface area (Å²) in [6.45, 7) is 5.66. The van der Waals surface area contributed by atoms with Crippen LogP contribution in [0.3, 0.4) is 0 Å². The quantitative estimate of drug-likeness (QED) is 0.795.